The van der Waals surface area contributed by atoms with Gasteiger partial charge in [-0.3, -0.25) is 14.4 Å². The molecule has 1 rings (SSSR count). The lowest BCUT2D eigenvalue weighted by Gasteiger charge is -2.18. The van der Waals surface area contributed by atoms with E-state index in [1.165, 1.54) is 12.1 Å². The molecule has 6 nitrogen and oxygen atoms in total. The highest BCUT2D eigenvalue weighted by atomic mass is 79.9. The smallest absolute Gasteiger partial charge is 0.323 e. The van der Waals surface area contributed by atoms with Gasteiger partial charge in [-0.05, 0) is 34.1 Å². The van der Waals surface area contributed by atoms with Crippen LogP contribution in [0.4, 0.5) is 4.39 Å². The number of carbonyl (C=O) groups is 3. The average molecular weight is 334 g/mol. The van der Waals surface area contributed by atoms with E-state index in [9.17, 15) is 18.8 Å². The molecule has 102 valence electrons. The van der Waals surface area contributed by atoms with E-state index in [0.29, 0.717) is 4.90 Å². The second-order valence-electron chi connectivity index (χ2n) is 3.58. The van der Waals surface area contributed by atoms with E-state index < -0.39 is 36.8 Å². The monoisotopic (exact) mass is 333 g/mol. The van der Waals surface area contributed by atoms with Crippen molar-refractivity contribution >= 4 is 33.8 Å². The molecule has 0 saturated heterocycles. The minimum absolute atomic E-state index is 0.122. The van der Waals surface area contributed by atoms with Gasteiger partial charge in [0.05, 0.1) is 4.47 Å². The SMILES string of the molecule is O=C(O)CN(CC(=O)O)C(=O)c1ccc(Br)c(F)c1. The summed E-state index contributed by atoms with van der Waals surface area (Å²) in [6, 6.07) is 3.46. The van der Waals surface area contributed by atoms with Crippen molar-refractivity contribution in [1.82, 2.24) is 4.90 Å². The topological polar surface area (TPSA) is 94.9 Å². The van der Waals surface area contributed by atoms with Crippen LogP contribution in [-0.2, 0) is 9.59 Å². The third-order valence-corrected chi connectivity index (χ3v) is 2.75. The molecule has 0 aromatic heterocycles. The average Bonchev–Trinajstić information content (AvgIpc) is 2.29. The first kappa shape index (κ1) is 15.1. The Morgan fingerprint density at radius 2 is 1.68 bits per heavy atom. The summed E-state index contributed by atoms with van der Waals surface area (Å²) < 4.78 is 13.4. The second-order valence-corrected chi connectivity index (χ2v) is 4.43. The molecule has 8 heteroatoms. The Bertz CT molecular complexity index is 518. The fourth-order valence-electron chi connectivity index (χ4n) is 1.34. The van der Waals surface area contributed by atoms with Crippen LogP contribution >= 0.6 is 15.9 Å². The number of nitrogens with zero attached hydrogens (tertiary/aromatic N) is 1. The highest BCUT2D eigenvalue weighted by Gasteiger charge is 2.21. The normalized spacial score (nSPS) is 10.0. The van der Waals surface area contributed by atoms with Crippen LogP contribution in [0.15, 0.2) is 22.7 Å². The van der Waals surface area contributed by atoms with E-state index in [1.807, 2.05) is 0 Å². The van der Waals surface area contributed by atoms with E-state index in [0.717, 1.165) is 6.07 Å². The van der Waals surface area contributed by atoms with Gasteiger partial charge in [-0.25, -0.2) is 4.39 Å². The molecule has 0 unspecified atom stereocenters. The number of halogens is 2. The van der Waals surface area contributed by atoms with Gasteiger partial charge in [0.15, 0.2) is 0 Å². The molecule has 0 atom stereocenters. The summed E-state index contributed by atoms with van der Waals surface area (Å²) in [7, 11) is 0. The first-order valence-corrected chi connectivity index (χ1v) is 5.78. The molecule has 2 N–H and O–H groups in total. The number of carbonyl (C=O) groups excluding carboxylic acids is 1. The molecule has 0 aliphatic carbocycles. The van der Waals surface area contributed by atoms with Crippen molar-refractivity contribution in [3.8, 4) is 0 Å². The molecular formula is C11H9BrFNO5. The van der Waals surface area contributed by atoms with Gasteiger partial charge in [-0.15, -0.1) is 0 Å². The molecular weight excluding hydrogens is 325 g/mol. The highest BCUT2D eigenvalue weighted by molar-refractivity contribution is 9.10. The van der Waals surface area contributed by atoms with Crippen LogP contribution in [0.5, 0.6) is 0 Å². The summed E-state index contributed by atoms with van der Waals surface area (Å²) in [4.78, 5) is 33.7. The Morgan fingerprint density at radius 1 is 1.16 bits per heavy atom. The van der Waals surface area contributed by atoms with Crippen molar-refractivity contribution in [2.45, 2.75) is 0 Å². The van der Waals surface area contributed by atoms with E-state index >= 15 is 0 Å². The Kier molecular flexibility index (Phi) is 4.99. The van der Waals surface area contributed by atoms with Crippen molar-refractivity contribution in [3.05, 3.63) is 34.1 Å². The van der Waals surface area contributed by atoms with Gasteiger partial charge in [0.2, 0.25) is 0 Å². The largest absolute Gasteiger partial charge is 0.480 e. The number of benzene rings is 1. The molecule has 19 heavy (non-hydrogen) atoms. The Labute approximate surface area is 115 Å². The van der Waals surface area contributed by atoms with E-state index in [1.54, 1.807) is 0 Å². The van der Waals surface area contributed by atoms with E-state index in [2.05, 4.69) is 15.9 Å². The quantitative estimate of drug-likeness (QED) is 0.844. The zero-order chi connectivity index (χ0) is 14.6. The van der Waals surface area contributed by atoms with Crippen molar-refractivity contribution in [1.29, 1.82) is 0 Å². The molecule has 1 aromatic rings. The number of carboxylic acid groups (broad SMARTS) is 2. The first-order chi connectivity index (χ1) is 8.81. The van der Waals surface area contributed by atoms with E-state index in [4.69, 9.17) is 10.2 Å². The number of hydrogen-bond acceptors (Lipinski definition) is 3. The first-order valence-electron chi connectivity index (χ1n) is 4.99. The molecule has 0 heterocycles. The van der Waals surface area contributed by atoms with Gasteiger partial charge in [-0.1, -0.05) is 0 Å². The van der Waals surface area contributed by atoms with Gasteiger partial charge in [-0.2, -0.15) is 0 Å². The third-order valence-electron chi connectivity index (χ3n) is 2.11. The molecule has 0 radical (unpaired) electrons. The van der Waals surface area contributed by atoms with Crippen molar-refractivity contribution in [2.75, 3.05) is 13.1 Å². The van der Waals surface area contributed by atoms with Crippen molar-refractivity contribution in [3.63, 3.8) is 0 Å². The van der Waals surface area contributed by atoms with Gasteiger partial charge in [0, 0.05) is 5.56 Å². The van der Waals surface area contributed by atoms with Crippen molar-refractivity contribution in [2.24, 2.45) is 0 Å². The maximum atomic E-state index is 13.3. The molecule has 0 spiro atoms. The van der Waals surface area contributed by atoms with Gasteiger partial charge in [0.25, 0.3) is 5.91 Å². The number of aliphatic carboxylic acids is 2. The number of hydrogen-bond donors (Lipinski definition) is 2. The van der Waals surface area contributed by atoms with Crippen LogP contribution < -0.4 is 0 Å². The van der Waals surface area contributed by atoms with Gasteiger partial charge >= 0.3 is 11.9 Å². The van der Waals surface area contributed by atoms with Crippen molar-refractivity contribution < 1.29 is 29.0 Å². The molecule has 0 aliphatic heterocycles. The Balaban J connectivity index is 3.00. The fourth-order valence-corrected chi connectivity index (χ4v) is 1.58. The maximum Gasteiger partial charge on any atom is 0.323 e. The highest BCUT2D eigenvalue weighted by Crippen LogP contribution is 2.17. The van der Waals surface area contributed by atoms with Crippen LogP contribution in [0.3, 0.4) is 0 Å². The predicted molar refractivity (Wildman–Crippen MR) is 65.3 cm³/mol. The Hall–Kier alpha value is -1.96. The molecule has 1 amide bonds. The summed E-state index contributed by atoms with van der Waals surface area (Å²) in [5, 5.41) is 17.2. The van der Waals surface area contributed by atoms with Crippen LogP contribution in [-0.4, -0.2) is 46.0 Å². The number of rotatable bonds is 5. The lowest BCUT2D eigenvalue weighted by atomic mass is 10.2. The van der Waals surface area contributed by atoms with E-state index in [-0.39, 0.29) is 10.0 Å². The maximum absolute atomic E-state index is 13.3. The summed E-state index contributed by atoms with van der Waals surface area (Å²) in [6.45, 7) is -1.55. The lowest BCUT2D eigenvalue weighted by Crippen LogP contribution is -2.39. The third kappa shape index (κ3) is 4.32. The summed E-state index contributed by atoms with van der Waals surface area (Å²) in [5.74, 6) is -4.27. The molecule has 0 bridgehead atoms. The van der Waals surface area contributed by atoms with Crippen LogP contribution in [0, 0.1) is 5.82 Å². The number of amides is 1. The fraction of sp³-hybridized carbons (Fsp3) is 0.182. The summed E-state index contributed by atoms with van der Waals surface area (Å²) in [6.07, 6.45) is 0. The number of carboxylic acids is 2. The van der Waals surface area contributed by atoms with Crippen LogP contribution in [0.25, 0.3) is 0 Å². The van der Waals surface area contributed by atoms with Gasteiger partial charge in [0.1, 0.15) is 18.9 Å². The zero-order valence-electron chi connectivity index (χ0n) is 9.47. The standard InChI is InChI=1S/C11H9BrFNO5/c12-7-2-1-6(3-8(7)13)11(19)14(4-9(15)16)5-10(17)18/h1-3H,4-5H2,(H,15,16)(H,17,18). The van der Waals surface area contributed by atoms with Crippen LogP contribution in [0.1, 0.15) is 10.4 Å². The molecule has 0 fully saturated rings. The lowest BCUT2D eigenvalue weighted by molar-refractivity contribution is -0.140. The van der Waals surface area contributed by atoms with Crippen LogP contribution in [0.2, 0.25) is 0 Å². The summed E-state index contributed by atoms with van der Waals surface area (Å²) >= 11 is 2.91. The molecule has 0 saturated carbocycles. The van der Waals surface area contributed by atoms with Gasteiger partial charge < -0.3 is 15.1 Å². The predicted octanol–water partition coefficient (Wildman–Crippen LogP) is 1.20. The zero-order valence-corrected chi connectivity index (χ0v) is 11.1. The minimum atomic E-state index is -1.35. The summed E-state index contributed by atoms with van der Waals surface area (Å²) in [5.41, 5.74) is -0.122. The Morgan fingerprint density at radius 3 is 2.11 bits per heavy atom. The second kappa shape index (κ2) is 6.28. The molecule has 1 aromatic carbocycles. The minimum Gasteiger partial charge on any atom is -0.480 e. The molecule has 0 aliphatic rings.